The SMILES string of the molecule is O=C(Cn1cc(-c2ccccc2)nn1)NCCc1ccc2c(c1)CCO2. The van der Waals surface area contributed by atoms with Gasteiger partial charge in [0.05, 0.1) is 12.8 Å². The van der Waals surface area contributed by atoms with Gasteiger partial charge in [-0.1, -0.05) is 47.7 Å². The average molecular weight is 348 g/mol. The Balaban J connectivity index is 1.27. The Morgan fingerprint density at radius 3 is 2.96 bits per heavy atom. The molecule has 4 rings (SSSR count). The van der Waals surface area contributed by atoms with Crippen LogP contribution in [0.15, 0.2) is 54.7 Å². The fourth-order valence-electron chi connectivity index (χ4n) is 3.06. The third-order valence-corrected chi connectivity index (χ3v) is 4.40. The third kappa shape index (κ3) is 3.74. The molecule has 1 aliphatic heterocycles. The van der Waals surface area contributed by atoms with E-state index < -0.39 is 0 Å². The highest BCUT2D eigenvalue weighted by Crippen LogP contribution is 2.25. The topological polar surface area (TPSA) is 69.0 Å². The summed E-state index contributed by atoms with van der Waals surface area (Å²) in [6, 6.07) is 16.0. The summed E-state index contributed by atoms with van der Waals surface area (Å²) in [5.41, 5.74) is 4.21. The van der Waals surface area contributed by atoms with Crippen molar-refractivity contribution in [3.05, 3.63) is 65.9 Å². The van der Waals surface area contributed by atoms with Crippen LogP contribution in [0.3, 0.4) is 0 Å². The molecule has 0 saturated carbocycles. The fourth-order valence-corrected chi connectivity index (χ4v) is 3.06. The maximum atomic E-state index is 12.1. The lowest BCUT2D eigenvalue weighted by molar-refractivity contribution is -0.121. The first-order chi connectivity index (χ1) is 12.8. The molecule has 3 aromatic rings. The van der Waals surface area contributed by atoms with Gasteiger partial charge in [-0.2, -0.15) is 0 Å². The predicted octanol–water partition coefficient (Wildman–Crippen LogP) is 2.24. The number of hydrogen-bond donors (Lipinski definition) is 1. The van der Waals surface area contributed by atoms with E-state index in [1.54, 1.807) is 10.9 Å². The Morgan fingerprint density at radius 1 is 1.19 bits per heavy atom. The van der Waals surface area contributed by atoms with Gasteiger partial charge in [-0.15, -0.1) is 5.10 Å². The molecule has 2 aromatic carbocycles. The largest absolute Gasteiger partial charge is 0.493 e. The maximum Gasteiger partial charge on any atom is 0.241 e. The van der Waals surface area contributed by atoms with Crippen LogP contribution in [-0.4, -0.2) is 34.1 Å². The number of carbonyl (C=O) groups is 1. The van der Waals surface area contributed by atoms with Crippen LogP contribution < -0.4 is 10.1 Å². The molecule has 1 amide bonds. The predicted molar refractivity (Wildman–Crippen MR) is 97.8 cm³/mol. The minimum Gasteiger partial charge on any atom is -0.493 e. The molecule has 26 heavy (non-hydrogen) atoms. The van der Waals surface area contributed by atoms with Crippen LogP contribution in [0.1, 0.15) is 11.1 Å². The fraction of sp³-hybridized carbons (Fsp3) is 0.250. The van der Waals surface area contributed by atoms with E-state index in [-0.39, 0.29) is 12.5 Å². The molecular formula is C20H20N4O2. The van der Waals surface area contributed by atoms with Gasteiger partial charge in [-0.25, -0.2) is 4.68 Å². The third-order valence-electron chi connectivity index (χ3n) is 4.40. The summed E-state index contributed by atoms with van der Waals surface area (Å²) in [6.07, 6.45) is 3.55. The number of hydrogen-bond acceptors (Lipinski definition) is 4. The molecule has 0 radical (unpaired) electrons. The van der Waals surface area contributed by atoms with E-state index >= 15 is 0 Å². The van der Waals surface area contributed by atoms with Gasteiger partial charge in [0.2, 0.25) is 5.91 Å². The van der Waals surface area contributed by atoms with Gasteiger partial charge in [-0.3, -0.25) is 4.79 Å². The molecule has 0 spiro atoms. The van der Waals surface area contributed by atoms with Gasteiger partial charge < -0.3 is 10.1 Å². The molecule has 1 aliphatic rings. The molecule has 1 aromatic heterocycles. The number of nitrogens with one attached hydrogen (secondary N) is 1. The summed E-state index contributed by atoms with van der Waals surface area (Å²) in [5.74, 6) is 0.914. The van der Waals surface area contributed by atoms with E-state index in [1.165, 1.54) is 11.1 Å². The normalized spacial score (nSPS) is 12.5. The Morgan fingerprint density at radius 2 is 2.08 bits per heavy atom. The zero-order valence-electron chi connectivity index (χ0n) is 14.4. The smallest absolute Gasteiger partial charge is 0.241 e. The highest BCUT2D eigenvalue weighted by Gasteiger charge is 2.12. The van der Waals surface area contributed by atoms with Crippen LogP contribution in [0, 0.1) is 0 Å². The van der Waals surface area contributed by atoms with Crippen molar-refractivity contribution in [2.75, 3.05) is 13.2 Å². The van der Waals surface area contributed by atoms with Gasteiger partial charge in [-0.05, 0) is 23.6 Å². The first-order valence-corrected chi connectivity index (χ1v) is 8.75. The summed E-state index contributed by atoms with van der Waals surface area (Å²) in [5, 5.41) is 11.1. The highest BCUT2D eigenvalue weighted by molar-refractivity contribution is 5.75. The number of aromatic nitrogens is 3. The van der Waals surface area contributed by atoms with Crippen molar-refractivity contribution in [1.82, 2.24) is 20.3 Å². The lowest BCUT2D eigenvalue weighted by atomic mass is 10.1. The number of amides is 1. The molecule has 0 unspecified atom stereocenters. The van der Waals surface area contributed by atoms with E-state index in [4.69, 9.17) is 4.74 Å². The van der Waals surface area contributed by atoms with Gasteiger partial charge in [0.25, 0.3) is 0 Å². The minimum atomic E-state index is -0.0704. The summed E-state index contributed by atoms with van der Waals surface area (Å²) in [7, 11) is 0. The number of benzene rings is 2. The van der Waals surface area contributed by atoms with Crippen LogP contribution in [0.4, 0.5) is 0 Å². The highest BCUT2D eigenvalue weighted by atomic mass is 16.5. The molecule has 0 atom stereocenters. The lowest BCUT2D eigenvalue weighted by Gasteiger charge is -2.06. The van der Waals surface area contributed by atoms with E-state index in [2.05, 4.69) is 27.8 Å². The van der Waals surface area contributed by atoms with Crippen molar-refractivity contribution in [3.63, 3.8) is 0 Å². The van der Waals surface area contributed by atoms with Crippen LogP contribution in [0.2, 0.25) is 0 Å². The van der Waals surface area contributed by atoms with Crippen molar-refractivity contribution in [2.45, 2.75) is 19.4 Å². The second-order valence-electron chi connectivity index (χ2n) is 6.31. The Labute approximate surface area is 151 Å². The van der Waals surface area contributed by atoms with Gasteiger partial charge in [0.1, 0.15) is 18.0 Å². The lowest BCUT2D eigenvalue weighted by Crippen LogP contribution is -2.29. The number of rotatable bonds is 6. The maximum absolute atomic E-state index is 12.1. The summed E-state index contributed by atoms with van der Waals surface area (Å²) in [4.78, 5) is 12.1. The first-order valence-electron chi connectivity index (χ1n) is 8.75. The zero-order valence-corrected chi connectivity index (χ0v) is 14.4. The molecular weight excluding hydrogens is 328 g/mol. The quantitative estimate of drug-likeness (QED) is 0.742. The molecule has 0 bridgehead atoms. The molecule has 6 nitrogen and oxygen atoms in total. The average Bonchev–Trinajstić information content (AvgIpc) is 3.31. The summed E-state index contributed by atoms with van der Waals surface area (Å²) < 4.78 is 7.07. The molecule has 132 valence electrons. The van der Waals surface area contributed by atoms with E-state index in [0.717, 1.165) is 36.5 Å². The molecule has 6 heteroatoms. The minimum absolute atomic E-state index is 0.0704. The number of fused-ring (bicyclic) bond motifs is 1. The monoisotopic (exact) mass is 348 g/mol. The Bertz CT molecular complexity index is 905. The molecule has 0 fully saturated rings. The molecule has 0 saturated heterocycles. The van der Waals surface area contributed by atoms with E-state index in [0.29, 0.717) is 6.54 Å². The van der Waals surface area contributed by atoms with Crippen molar-refractivity contribution >= 4 is 5.91 Å². The van der Waals surface area contributed by atoms with E-state index in [1.807, 2.05) is 36.4 Å². The standard InChI is InChI=1S/C20H20N4O2/c25-20(14-24-13-18(22-23-24)16-4-2-1-3-5-16)21-10-8-15-6-7-19-17(12-15)9-11-26-19/h1-7,12-13H,8-11,14H2,(H,21,25). The van der Waals surface area contributed by atoms with Gasteiger partial charge in [0, 0.05) is 18.5 Å². The van der Waals surface area contributed by atoms with Crippen molar-refractivity contribution in [1.29, 1.82) is 0 Å². The zero-order chi connectivity index (χ0) is 17.8. The number of nitrogens with zero attached hydrogens (tertiary/aromatic N) is 3. The molecule has 1 N–H and O–H groups in total. The summed E-state index contributed by atoms with van der Waals surface area (Å²) >= 11 is 0. The Hall–Kier alpha value is -3.15. The second kappa shape index (κ2) is 7.39. The first kappa shape index (κ1) is 16.3. The van der Waals surface area contributed by atoms with E-state index in [9.17, 15) is 4.79 Å². The van der Waals surface area contributed by atoms with Crippen LogP contribution >= 0.6 is 0 Å². The van der Waals surface area contributed by atoms with Gasteiger partial charge >= 0.3 is 0 Å². The number of carbonyl (C=O) groups excluding carboxylic acids is 1. The summed E-state index contributed by atoms with van der Waals surface area (Å²) in [6.45, 7) is 1.52. The molecule has 0 aliphatic carbocycles. The van der Waals surface area contributed by atoms with Crippen LogP contribution in [-0.2, 0) is 24.2 Å². The van der Waals surface area contributed by atoms with Crippen molar-refractivity contribution < 1.29 is 9.53 Å². The van der Waals surface area contributed by atoms with Crippen molar-refractivity contribution in [3.8, 4) is 17.0 Å². The van der Waals surface area contributed by atoms with Crippen LogP contribution in [0.5, 0.6) is 5.75 Å². The Kier molecular flexibility index (Phi) is 4.64. The second-order valence-corrected chi connectivity index (χ2v) is 6.31. The van der Waals surface area contributed by atoms with Gasteiger partial charge in [0.15, 0.2) is 0 Å². The van der Waals surface area contributed by atoms with Crippen LogP contribution in [0.25, 0.3) is 11.3 Å². The molecule has 2 heterocycles. The van der Waals surface area contributed by atoms with Crippen molar-refractivity contribution in [2.24, 2.45) is 0 Å². The number of ether oxygens (including phenoxy) is 1.